The number of nitrogens with one attached hydrogen (secondary N) is 1. The van der Waals surface area contributed by atoms with Gasteiger partial charge in [0.05, 0.1) is 5.25 Å². The smallest absolute Gasteiger partial charge is 0.233 e. The third-order valence-electron chi connectivity index (χ3n) is 4.58. The number of hydrogen-bond donors (Lipinski definition) is 1. The van der Waals surface area contributed by atoms with Gasteiger partial charge in [-0.3, -0.25) is 4.79 Å². The molecule has 0 bridgehead atoms. The Hall–Kier alpha value is -1.89. The number of thioether (sulfide) groups is 1. The van der Waals surface area contributed by atoms with Gasteiger partial charge < -0.3 is 9.88 Å². The molecule has 0 unspecified atom stereocenters. The standard InChI is InChI=1S/C18H21FN4OS/c1-11(17(24)20-10-12-2-6-14(19)7-3-12)25-18-22-21-16(13-4-5-13)23(18)15-8-9-15/h2-3,6-7,11,13,15H,4-5,8-10H2,1H3,(H,20,24)/t11-/m1/s1. The molecule has 1 atom stereocenters. The lowest BCUT2D eigenvalue weighted by Gasteiger charge is -2.13. The Balaban J connectivity index is 1.37. The third-order valence-corrected chi connectivity index (χ3v) is 5.63. The molecule has 1 amide bonds. The molecular formula is C18H21FN4OS. The molecule has 2 aliphatic carbocycles. The normalized spacial score (nSPS) is 18.2. The molecule has 2 fully saturated rings. The van der Waals surface area contributed by atoms with E-state index >= 15 is 0 Å². The maximum atomic E-state index is 12.9. The highest BCUT2D eigenvalue weighted by molar-refractivity contribution is 8.00. The van der Waals surface area contributed by atoms with Crippen LogP contribution in [0.4, 0.5) is 4.39 Å². The molecule has 1 heterocycles. The van der Waals surface area contributed by atoms with Gasteiger partial charge in [0, 0.05) is 18.5 Å². The molecule has 0 saturated heterocycles. The number of rotatable bonds is 7. The second kappa shape index (κ2) is 6.78. The van der Waals surface area contributed by atoms with Crippen molar-refractivity contribution in [2.24, 2.45) is 0 Å². The first-order valence-corrected chi connectivity index (χ1v) is 9.63. The van der Waals surface area contributed by atoms with Crippen molar-refractivity contribution in [2.45, 2.75) is 61.5 Å². The molecule has 2 saturated carbocycles. The molecule has 132 valence electrons. The lowest BCUT2D eigenvalue weighted by Crippen LogP contribution is -2.30. The number of carbonyl (C=O) groups excluding carboxylic acids is 1. The van der Waals surface area contributed by atoms with Crippen molar-refractivity contribution in [1.29, 1.82) is 0 Å². The van der Waals surface area contributed by atoms with E-state index in [1.807, 2.05) is 6.92 Å². The van der Waals surface area contributed by atoms with Gasteiger partial charge in [-0.2, -0.15) is 0 Å². The van der Waals surface area contributed by atoms with E-state index in [9.17, 15) is 9.18 Å². The quantitative estimate of drug-likeness (QED) is 0.769. The summed E-state index contributed by atoms with van der Waals surface area (Å²) in [5.74, 6) is 1.34. The van der Waals surface area contributed by atoms with E-state index in [2.05, 4.69) is 20.1 Å². The van der Waals surface area contributed by atoms with Crippen LogP contribution in [-0.2, 0) is 11.3 Å². The van der Waals surface area contributed by atoms with Crippen LogP contribution in [-0.4, -0.2) is 25.9 Å². The summed E-state index contributed by atoms with van der Waals surface area (Å²) >= 11 is 1.47. The fourth-order valence-electron chi connectivity index (χ4n) is 2.81. The predicted octanol–water partition coefficient (Wildman–Crippen LogP) is 3.43. The van der Waals surface area contributed by atoms with Crippen molar-refractivity contribution in [1.82, 2.24) is 20.1 Å². The highest BCUT2D eigenvalue weighted by atomic mass is 32.2. The SMILES string of the molecule is C[C@@H](Sc1nnc(C2CC2)n1C1CC1)C(=O)NCc1ccc(F)cc1. The van der Waals surface area contributed by atoms with Gasteiger partial charge in [-0.25, -0.2) is 4.39 Å². The second-order valence-corrected chi connectivity index (χ2v) is 8.13. The summed E-state index contributed by atoms with van der Waals surface area (Å²) in [7, 11) is 0. The number of carbonyl (C=O) groups is 1. The first-order valence-electron chi connectivity index (χ1n) is 8.75. The van der Waals surface area contributed by atoms with Gasteiger partial charge in [0.15, 0.2) is 5.16 Å². The van der Waals surface area contributed by atoms with Crippen LogP contribution in [0.15, 0.2) is 29.4 Å². The van der Waals surface area contributed by atoms with Crippen LogP contribution in [0.1, 0.15) is 56.0 Å². The minimum atomic E-state index is -0.273. The number of aromatic nitrogens is 3. The molecule has 0 radical (unpaired) electrons. The predicted molar refractivity (Wildman–Crippen MR) is 93.8 cm³/mol. The molecule has 1 N–H and O–H groups in total. The highest BCUT2D eigenvalue weighted by Gasteiger charge is 2.37. The lowest BCUT2D eigenvalue weighted by molar-refractivity contribution is -0.120. The number of benzene rings is 1. The Bertz CT molecular complexity index is 768. The zero-order valence-electron chi connectivity index (χ0n) is 14.1. The maximum Gasteiger partial charge on any atom is 0.233 e. The largest absolute Gasteiger partial charge is 0.351 e. The minimum Gasteiger partial charge on any atom is -0.351 e. The van der Waals surface area contributed by atoms with Crippen molar-refractivity contribution >= 4 is 17.7 Å². The van der Waals surface area contributed by atoms with E-state index in [-0.39, 0.29) is 17.0 Å². The van der Waals surface area contributed by atoms with Gasteiger partial charge in [-0.1, -0.05) is 23.9 Å². The number of halogens is 1. The minimum absolute atomic E-state index is 0.0485. The van der Waals surface area contributed by atoms with Crippen molar-refractivity contribution in [3.8, 4) is 0 Å². The molecule has 5 nitrogen and oxygen atoms in total. The number of hydrogen-bond acceptors (Lipinski definition) is 4. The highest BCUT2D eigenvalue weighted by Crippen LogP contribution is 2.46. The fourth-order valence-corrected chi connectivity index (χ4v) is 3.76. The van der Waals surface area contributed by atoms with Gasteiger partial charge in [0.25, 0.3) is 0 Å². The number of nitrogens with zero attached hydrogens (tertiary/aromatic N) is 3. The van der Waals surface area contributed by atoms with E-state index < -0.39 is 0 Å². The maximum absolute atomic E-state index is 12.9. The lowest BCUT2D eigenvalue weighted by atomic mass is 10.2. The van der Waals surface area contributed by atoms with Gasteiger partial charge >= 0.3 is 0 Å². The van der Waals surface area contributed by atoms with Crippen LogP contribution in [0.25, 0.3) is 0 Å². The topological polar surface area (TPSA) is 59.8 Å². The average molecular weight is 360 g/mol. The van der Waals surface area contributed by atoms with E-state index in [0.29, 0.717) is 18.5 Å². The molecule has 7 heteroatoms. The van der Waals surface area contributed by atoms with Gasteiger partial charge in [0.2, 0.25) is 5.91 Å². The zero-order chi connectivity index (χ0) is 17.4. The molecule has 2 aromatic rings. The summed E-state index contributed by atoms with van der Waals surface area (Å²) in [5, 5.41) is 12.2. The average Bonchev–Trinajstić information content (AvgIpc) is 3.53. The first-order chi connectivity index (χ1) is 12.1. The molecule has 0 aliphatic heterocycles. The van der Waals surface area contributed by atoms with Crippen molar-refractivity contribution in [2.75, 3.05) is 0 Å². The van der Waals surface area contributed by atoms with Crippen molar-refractivity contribution in [3.05, 3.63) is 41.5 Å². The van der Waals surface area contributed by atoms with E-state index in [1.54, 1.807) is 12.1 Å². The Morgan fingerprint density at radius 3 is 2.64 bits per heavy atom. The summed E-state index contributed by atoms with van der Waals surface area (Å²) in [6.45, 7) is 2.28. The van der Waals surface area contributed by atoms with Crippen LogP contribution < -0.4 is 5.32 Å². The molecular weight excluding hydrogens is 339 g/mol. The van der Waals surface area contributed by atoms with Crippen LogP contribution in [0.2, 0.25) is 0 Å². The van der Waals surface area contributed by atoms with Crippen LogP contribution in [0, 0.1) is 5.82 Å². The third kappa shape index (κ3) is 3.86. The van der Waals surface area contributed by atoms with Crippen LogP contribution in [0.5, 0.6) is 0 Å². The van der Waals surface area contributed by atoms with E-state index in [4.69, 9.17) is 0 Å². The Morgan fingerprint density at radius 1 is 1.28 bits per heavy atom. The van der Waals surface area contributed by atoms with Crippen LogP contribution in [0.3, 0.4) is 0 Å². The molecule has 2 aliphatic rings. The molecule has 1 aromatic carbocycles. The van der Waals surface area contributed by atoms with E-state index in [0.717, 1.165) is 16.5 Å². The van der Waals surface area contributed by atoms with Crippen molar-refractivity contribution in [3.63, 3.8) is 0 Å². The second-order valence-electron chi connectivity index (χ2n) is 6.82. The first kappa shape index (κ1) is 16.6. The molecule has 25 heavy (non-hydrogen) atoms. The Morgan fingerprint density at radius 2 is 2.00 bits per heavy atom. The Labute approximate surface area is 150 Å². The fraction of sp³-hybridized carbons (Fsp3) is 0.500. The summed E-state index contributed by atoms with van der Waals surface area (Å²) in [4.78, 5) is 12.4. The summed E-state index contributed by atoms with van der Waals surface area (Å²) < 4.78 is 15.2. The molecule has 0 spiro atoms. The summed E-state index contributed by atoms with van der Waals surface area (Å²) in [6.07, 6.45) is 4.75. The zero-order valence-corrected chi connectivity index (χ0v) is 14.9. The summed E-state index contributed by atoms with van der Waals surface area (Å²) in [6, 6.07) is 6.68. The van der Waals surface area contributed by atoms with Gasteiger partial charge in [0.1, 0.15) is 11.6 Å². The Kier molecular flexibility index (Phi) is 4.50. The van der Waals surface area contributed by atoms with Crippen molar-refractivity contribution < 1.29 is 9.18 Å². The van der Waals surface area contributed by atoms with Gasteiger partial charge in [-0.15, -0.1) is 10.2 Å². The van der Waals surface area contributed by atoms with Gasteiger partial charge in [-0.05, 0) is 50.3 Å². The number of amides is 1. The molecule has 4 rings (SSSR count). The summed E-state index contributed by atoms with van der Waals surface area (Å²) in [5.41, 5.74) is 0.879. The monoisotopic (exact) mass is 360 g/mol. The molecule has 1 aromatic heterocycles. The van der Waals surface area contributed by atoms with Crippen LogP contribution >= 0.6 is 11.8 Å². The van der Waals surface area contributed by atoms with E-state index in [1.165, 1.54) is 49.6 Å².